The maximum absolute atomic E-state index is 5.51. The van der Waals surface area contributed by atoms with Gasteiger partial charge in [-0.3, -0.25) is 0 Å². The lowest BCUT2D eigenvalue weighted by atomic mass is 10.2. The zero-order valence-corrected chi connectivity index (χ0v) is 10.4. The van der Waals surface area contributed by atoms with E-state index in [1.807, 2.05) is 0 Å². The summed E-state index contributed by atoms with van der Waals surface area (Å²) in [5, 5.41) is 7.09. The van der Waals surface area contributed by atoms with E-state index in [2.05, 4.69) is 10.6 Å². The standard InChI is InChI=1S/C11H20N2O2S/c16-11(12-7-9-3-1-5-14-9)13-8-10-4-2-6-15-10/h9-10H,1-8H2,(H2,12,13,16)/t9-,10-/m0/s1. The Morgan fingerprint density at radius 2 is 1.50 bits per heavy atom. The fraction of sp³-hybridized carbons (Fsp3) is 0.909. The molecular weight excluding hydrogens is 224 g/mol. The summed E-state index contributed by atoms with van der Waals surface area (Å²) in [5.41, 5.74) is 0. The molecule has 0 aromatic rings. The minimum Gasteiger partial charge on any atom is -0.376 e. The van der Waals surface area contributed by atoms with Crippen molar-refractivity contribution in [3.8, 4) is 0 Å². The van der Waals surface area contributed by atoms with Crippen LogP contribution in [0.15, 0.2) is 0 Å². The topological polar surface area (TPSA) is 42.5 Å². The molecule has 2 rings (SSSR count). The van der Waals surface area contributed by atoms with Crippen LogP contribution >= 0.6 is 12.2 Å². The fourth-order valence-electron chi connectivity index (χ4n) is 2.09. The second-order valence-corrected chi connectivity index (χ2v) is 4.77. The number of nitrogens with one attached hydrogen (secondary N) is 2. The van der Waals surface area contributed by atoms with Gasteiger partial charge in [-0.1, -0.05) is 0 Å². The second-order valence-electron chi connectivity index (χ2n) is 4.36. The van der Waals surface area contributed by atoms with Crippen molar-refractivity contribution in [1.82, 2.24) is 10.6 Å². The van der Waals surface area contributed by atoms with E-state index >= 15 is 0 Å². The Morgan fingerprint density at radius 3 is 1.88 bits per heavy atom. The maximum Gasteiger partial charge on any atom is 0.166 e. The smallest absolute Gasteiger partial charge is 0.166 e. The van der Waals surface area contributed by atoms with Crippen LogP contribution in [0.4, 0.5) is 0 Å². The van der Waals surface area contributed by atoms with Gasteiger partial charge in [-0.25, -0.2) is 0 Å². The molecule has 2 N–H and O–H groups in total. The predicted octanol–water partition coefficient (Wildman–Crippen LogP) is 0.808. The molecule has 0 aromatic carbocycles. The fourth-order valence-corrected chi connectivity index (χ4v) is 2.25. The van der Waals surface area contributed by atoms with Crippen LogP contribution in [0.3, 0.4) is 0 Å². The molecule has 0 aromatic heterocycles. The van der Waals surface area contributed by atoms with Crippen molar-refractivity contribution in [2.24, 2.45) is 0 Å². The molecule has 16 heavy (non-hydrogen) atoms. The number of ether oxygens (including phenoxy) is 2. The van der Waals surface area contributed by atoms with Crippen molar-refractivity contribution < 1.29 is 9.47 Å². The van der Waals surface area contributed by atoms with Crippen LogP contribution in [-0.2, 0) is 9.47 Å². The molecule has 0 aliphatic carbocycles. The zero-order chi connectivity index (χ0) is 11.2. The van der Waals surface area contributed by atoms with Gasteiger partial charge in [0.1, 0.15) is 0 Å². The Labute approximate surface area is 102 Å². The molecule has 0 radical (unpaired) electrons. The van der Waals surface area contributed by atoms with Crippen LogP contribution in [-0.4, -0.2) is 43.6 Å². The highest BCUT2D eigenvalue weighted by atomic mass is 32.1. The largest absolute Gasteiger partial charge is 0.376 e. The van der Waals surface area contributed by atoms with Gasteiger partial charge < -0.3 is 20.1 Å². The van der Waals surface area contributed by atoms with E-state index in [1.54, 1.807) is 0 Å². The highest BCUT2D eigenvalue weighted by Gasteiger charge is 2.17. The molecule has 2 aliphatic heterocycles. The summed E-state index contributed by atoms with van der Waals surface area (Å²) < 4.78 is 11.0. The Hall–Kier alpha value is -0.390. The minimum absolute atomic E-state index is 0.336. The molecule has 2 aliphatic rings. The summed E-state index contributed by atoms with van der Waals surface area (Å²) in [6.07, 6.45) is 5.29. The molecular formula is C11H20N2O2S. The summed E-state index contributed by atoms with van der Waals surface area (Å²) in [5.74, 6) is 0. The van der Waals surface area contributed by atoms with Gasteiger partial charge in [0.25, 0.3) is 0 Å². The first-order valence-corrected chi connectivity index (χ1v) is 6.50. The van der Waals surface area contributed by atoms with Gasteiger partial charge in [0.05, 0.1) is 12.2 Å². The lowest BCUT2D eigenvalue weighted by molar-refractivity contribution is 0.111. The van der Waals surface area contributed by atoms with Gasteiger partial charge in [-0.15, -0.1) is 0 Å². The third-order valence-corrected chi connectivity index (χ3v) is 3.32. The van der Waals surface area contributed by atoms with Crippen LogP contribution < -0.4 is 10.6 Å². The molecule has 0 saturated carbocycles. The lowest BCUT2D eigenvalue weighted by Crippen LogP contribution is -2.42. The third-order valence-electron chi connectivity index (χ3n) is 3.03. The van der Waals surface area contributed by atoms with Crippen molar-refractivity contribution in [2.45, 2.75) is 37.9 Å². The summed E-state index contributed by atoms with van der Waals surface area (Å²) in [6, 6.07) is 0. The highest BCUT2D eigenvalue weighted by Crippen LogP contribution is 2.11. The van der Waals surface area contributed by atoms with Gasteiger partial charge in [0.2, 0.25) is 0 Å². The van der Waals surface area contributed by atoms with E-state index < -0.39 is 0 Å². The summed E-state index contributed by atoms with van der Waals surface area (Å²) in [6.45, 7) is 3.42. The molecule has 92 valence electrons. The predicted molar refractivity (Wildman–Crippen MR) is 66.6 cm³/mol. The number of rotatable bonds is 4. The van der Waals surface area contributed by atoms with E-state index in [4.69, 9.17) is 21.7 Å². The molecule has 2 saturated heterocycles. The van der Waals surface area contributed by atoms with Crippen molar-refractivity contribution in [2.75, 3.05) is 26.3 Å². The van der Waals surface area contributed by atoms with Gasteiger partial charge >= 0.3 is 0 Å². The average molecular weight is 244 g/mol. The van der Waals surface area contributed by atoms with Crippen molar-refractivity contribution in [3.63, 3.8) is 0 Å². The zero-order valence-electron chi connectivity index (χ0n) is 9.54. The number of thiocarbonyl (C=S) groups is 1. The molecule has 2 atom stereocenters. The van der Waals surface area contributed by atoms with Crippen molar-refractivity contribution in [3.05, 3.63) is 0 Å². The lowest BCUT2D eigenvalue weighted by Gasteiger charge is -2.16. The quantitative estimate of drug-likeness (QED) is 0.716. The van der Waals surface area contributed by atoms with Gasteiger partial charge in [-0.05, 0) is 37.9 Å². The van der Waals surface area contributed by atoms with Crippen molar-refractivity contribution >= 4 is 17.3 Å². The number of hydrogen-bond acceptors (Lipinski definition) is 3. The first-order valence-electron chi connectivity index (χ1n) is 6.09. The SMILES string of the molecule is S=C(NC[C@@H]1CCCO1)NC[C@@H]1CCCO1. The molecule has 5 heteroatoms. The average Bonchev–Trinajstić information content (AvgIpc) is 2.96. The highest BCUT2D eigenvalue weighted by molar-refractivity contribution is 7.80. The second kappa shape index (κ2) is 6.37. The Balaban J connectivity index is 1.53. The van der Waals surface area contributed by atoms with E-state index in [9.17, 15) is 0 Å². The van der Waals surface area contributed by atoms with E-state index in [0.29, 0.717) is 17.3 Å². The molecule has 0 spiro atoms. The first kappa shape index (κ1) is 12.1. The molecule has 0 unspecified atom stereocenters. The molecule has 2 fully saturated rings. The van der Waals surface area contributed by atoms with Crippen molar-refractivity contribution in [1.29, 1.82) is 0 Å². The first-order chi connectivity index (χ1) is 7.84. The van der Waals surface area contributed by atoms with Gasteiger partial charge in [-0.2, -0.15) is 0 Å². The molecule has 0 amide bonds. The van der Waals surface area contributed by atoms with Crippen LogP contribution in [0.2, 0.25) is 0 Å². The maximum atomic E-state index is 5.51. The molecule has 0 bridgehead atoms. The van der Waals surface area contributed by atoms with Gasteiger partial charge in [0.15, 0.2) is 5.11 Å². The van der Waals surface area contributed by atoms with E-state index in [0.717, 1.165) is 39.1 Å². The van der Waals surface area contributed by atoms with Crippen LogP contribution in [0.5, 0.6) is 0 Å². The molecule has 4 nitrogen and oxygen atoms in total. The summed E-state index contributed by atoms with van der Waals surface area (Å²) in [7, 11) is 0. The minimum atomic E-state index is 0.336. The summed E-state index contributed by atoms with van der Waals surface area (Å²) >= 11 is 5.19. The van der Waals surface area contributed by atoms with E-state index in [1.165, 1.54) is 12.8 Å². The Kier molecular flexibility index (Phi) is 4.81. The van der Waals surface area contributed by atoms with Crippen LogP contribution in [0.1, 0.15) is 25.7 Å². The molecule has 2 heterocycles. The van der Waals surface area contributed by atoms with Crippen LogP contribution in [0, 0.1) is 0 Å². The van der Waals surface area contributed by atoms with Gasteiger partial charge in [0, 0.05) is 26.3 Å². The third kappa shape index (κ3) is 3.88. The van der Waals surface area contributed by atoms with Crippen LogP contribution in [0.25, 0.3) is 0 Å². The number of hydrogen-bond donors (Lipinski definition) is 2. The monoisotopic (exact) mass is 244 g/mol. The van der Waals surface area contributed by atoms with E-state index in [-0.39, 0.29) is 0 Å². The Bertz CT molecular complexity index is 204. The summed E-state index contributed by atoms with van der Waals surface area (Å²) in [4.78, 5) is 0. The normalized spacial score (nSPS) is 29.2. The Morgan fingerprint density at radius 1 is 1.00 bits per heavy atom.